The number of rotatable bonds is 4. The number of nitrogens with one attached hydrogen (secondary N) is 2. The van der Waals surface area contributed by atoms with Gasteiger partial charge < -0.3 is 5.73 Å². The topological polar surface area (TPSA) is 114 Å². The number of benzene rings is 1. The van der Waals surface area contributed by atoms with Crippen LogP contribution in [0.1, 0.15) is 0 Å². The minimum absolute atomic E-state index is 0.225. The molecule has 0 unspecified atom stereocenters. The van der Waals surface area contributed by atoms with Crippen molar-refractivity contribution < 1.29 is 8.42 Å². The summed E-state index contributed by atoms with van der Waals surface area (Å²) in [6.45, 7) is 0. The molecule has 0 aliphatic rings. The number of anilines is 1. The molecular formula is C13H13N5O2S2. The Bertz CT molecular complexity index is 914. The summed E-state index contributed by atoms with van der Waals surface area (Å²) in [6, 6.07) is 10.5. The van der Waals surface area contributed by atoms with Gasteiger partial charge in [0.05, 0.1) is 9.77 Å². The van der Waals surface area contributed by atoms with E-state index in [9.17, 15) is 8.42 Å². The number of hydrogen-bond acceptors (Lipinski definition) is 6. The average Bonchev–Trinajstić information content (AvgIpc) is 3.16. The normalized spacial score (nSPS) is 11.7. The summed E-state index contributed by atoms with van der Waals surface area (Å²) < 4.78 is 26.1. The second-order valence-electron chi connectivity index (χ2n) is 4.46. The van der Waals surface area contributed by atoms with E-state index in [1.165, 1.54) is 18.4 Å². The van der Waals surface area contributed by atoms with E-state index >= 15 is 0 Å². The minimum atomic E-state index is -3.46. The zero-order chi connectivity index (χ0) is 15.7. The lowest BCUT2D eigenvalue weighted by Gasteiger charge is -2.04. The summed E-state index contributed by atoms with van der Waals surface area (Å²) in [7, 11) is -2.08. The molecule has 0 spiro atoms. The highest BCUT2D eigenvalue weighted by atomic mass is 32.2. The maximum absolute atomic E-state index is 11.9. The number of sulfonamides is 1. The van der Waals surface area contributed by atoms with Crippen LogP contribution in [0.3, 0.4) is 0 Å². The maximum atomic E-state index is 11.9. The van der Waals surface area contributed by atoms with E-state index in [0.717, 1.165) is 15.3 Å². The van der Waals surface area contributed by atoms with Crippen molar-refractivity contribution in [3.63, 3.8) is 0 Å². The molecule has 3 aromatic rings. The average molecular weight is 335 g/mol. The van der Waals surface area contributed by atoms with Gasteiger partial charge in [-0.1, -0.05) is 12.1 Å². The zero-order valence-corrected chi connectivity index (χ0v) is 13.2. The Kier molecular flexibility index (Phi) is 3.69. The Morgan fingerprint density at radius 1 is 1.18 bits per heavy atom. The number of nitrogens with two attached hydrogens (primary N) is 1. The fourth-order valence-electron chi connectivity index (χ4n) is 1.98. The molecule has 0 aliphatic heterocycles. The first-order valence-corrected chi connectivity index (χ1v) is 8.61. The van der Waals surface area contributed by atoms with Crippen LogP contribution < -0.4 is 10.5 Å². The predicted octanol–water partition coefficient (Wildman–Crippen LogP) is 1.69. The number of hydrogen-bond donors (Lipinski definition) is 3. The minimum Gasteiger partial charge on any atom is -0.380 e. The molecule has 0 radical (unpaired) electrons. The van der Waals surface area contributed by atoms with Crippen LogP contribution in [0.15, 0.2) is 41.3 Å². The molecular weight excluding hydrogens is 322 g/mol. The molecule has 0 bridgehead atoms. The summed E-state index contributed by atoms with van der Waals surface area (Å²) in [5.74, 6) is 0.333. The molecule has 3 rings (SSSR count). The van der Waals surface area contributed by atoms with Crippen molar-refractivity contribution in [2.75, 3.05) is 12.8 Å². The molecule has 2 aromatic heterocycles. The van der Waals surface area contributed by atoms with Gasteiger partial charge in [0.2, 0.25) is 10.0 Å². The summed E-state index contributed by atoms with van der Waals surface area (Å²) >= 11 is 1.47. The summed E-state index contributed by atoms with van der Waals surface area (Å²) in [6.07, 6.45) is 0. The number of H-pyrrole nitrogens is 1. The monoisotopic (exact) mass is 335 g/mol. The third-order valence-electron chi connectivity index (χ3n) is 3.11. The number of aromatic nitrogens is 3. The molecule has 4 N–H and O–H groups in total. The van der Waals surface area contributed by atoms with Crippen molar-refractivity contribution >= 4 is 27.2 Å². The number of aromatic amines is 1. The molecule has 0 amide bonds. The molecule has 0 saturated carbocycles. The van der Waals surface area contributed by atoms with E-state index in [0.29, 0.717) is 11.5 Å². The standard InChI is InChI=1S/C13H13N5O2S2/c1-15-22(19,20)9-4-2-3-8(7-9)10-5-6-11(21-10)12-13(14)17-18-16-12/h2-7,15H,1H3,(H3,14,16,17,18). The quantitative estimate of drug-likeness (QED) is 0.671. The first-order valence-electron chi connectivity index (χ1n) is 6.31. The smallest absolute Gasteiger partial charge is 0.240 e. The molecule has 0 aliphatic carbocycles. The highest BCUT2D eigenvalue weighted by Gasteiger charge is 2.14. The highest BCUT2D eigenvalue weighted by molar-refractivity contribution is 7.89. The fourth-order valence-corrected chi connectivity index (χ4v) is 3.75. The van der Waals surface area contributed by atoms with E-state index in [1.807, 2.05) is 18.2 Å². The molecule has 22 heavy (non-hydrogen) atoms. The molecule has 0 atom stereocenters. The summed E-state index contributed by atoms with van der Waals surface area (Å²) in [4.78, 5) is 2.01. The van der Waals surface area contributed by atoms with Gasteiger partial charge in [0.1, 0.15) is 5.69 Å². The van der Waals surface area contributed by atoms with Crippen LogP contribution in [0.2, 0.25) is 0 Å². The third kappa shape index (κ3) is 2.61. The largest absolute Gasteiger partial charge is 0.380 e. The van der Waals surface area contributed by atoms with Gasteiger partial charge in [-0.3, -0.25) is 0 Å². The Morgan fingerprint density at radius 3 is 2.64 bits per heavy atom. The predicted molar refractivity (Wildman–Crippen MR) is 85.8 cm³/mol. The van der Waals surface area contributed by atoms with Crippen LogP contribution >= 0.6 is 11.3 Å². The van der Waals surface area contributed by atoms with Crippen molar-refractivity contribution in [1.82, 2.24) is 20.1 Å². The number of nitrogens with zero attached hydrogens (tertiary/aromatic N) is 2. The van der Waals surface area contributed by atoms with Gasteiger partial charge in [-0.05, 0) is 36.9 Å². The van der Waals surface area contributed by atoms with Crippen molar-refractivity contribution in [3.8, 4) is 21.0 Å². The lowest BCUT2D eigenvalue weighted by Crippen LogP contribution is -2.18. The first-order chi connectivity index (χ1) is 10.5. The van der Waals surface area contributed by atoms with Crippen LogP contribution in [-0.2, 0) is 10.0 Å². The van der Waals surface area contributed by atoms with Crippen LogP contribution in [0.4, 0.5) is 5.82 Å². The van der Waals surface area contributed by atoms with Gasteiger partial charge in [0.25, 0.3) is 0 Å². The molecule has 7 nitrogen and oxygen atoms in total. The molecule has 0 saturated heterocycles. The van der Waals surface area contributed by atoms with Crippen LogP contribution in [0.25, 0.3) is 21.0 Å². The summed E-state index contributed by atoms with van der Waals surface area (Å²) in [5.41, 5.74) is 7.14. The van der Waals surface area contributed by atoms with E-state index in [1.54, 1.807) is 18.2 Å². The first kappa shape index (κ1) is 14.7. The van der Waals surface area contributed by atoms with E-state index in [2.05, 4.69) is 20.1 Å². The molecule has 9 heteroatoms. The van der Waals surface area contributed by atoms with Crippen LogP contribution in [0.5, 0.6) is 0 Å². The van der Waals surface area contributed by atoms with Gasteiger partial charge in [0, 0.05) is 4.88 Å². The van der Waals surface area contributed by atoms with Gasteiger partial charge in [-0.2, -0.15) is 10.3 Å². The molecule has 2 heterocycles. The van der Waals surface area contributed by atoms with E-state index in [4.69, 9.17) is 5.73 Å². The van der Waals surface area contributed by atoms with Crippen molar-refractivity contribution in [2.45, 2.75) is 4.90 Å². The van der Waals surface area contributed by atoms with Crippen LogP contribution in [-0.4, -0.2) is 30.9 Å². The van der Waals surface area contributed by atoms with Crippen LogP contribution in [0, 0.1) is 0 Å². The van der Waals surface area contributed by atoms with Crippen molar-refractivity contribution in [2.24, 2.45) is 0 Å². The lowest BCUT2D eigenvalue weighted by atomic mass is 10.2. The number of thiophene rings is 1. The second-order valence-corrected chi connectivity index (χ2v) is 7.43. The highest BCUT2D eigenvalue weighted by Crippen LogP contribution is 2.35. The van der Waals surface area contributed by atoms with E-state index < -0.39 is 10.0 Å². The zero-order valence-electron chi connectivity index (χ0n) is 11.6. The second kappa shape index (κ2) is 5.52. The van der Waals surface area contributed by atoms with Crippen molar-refractivity contribution in [1.29, 1.82) is 0 Å². The Labute approximate surface area is 131 Å². The fraction of sp³-hybridized carbons (Fsp3) is 0.0769. The molecule has 1 aromatic carbocycles. The lowest BCUT2D eigenvalue weighted by molar-refractivity contribution is 0.588. The van der Waals surface area contributed by atoms with Gasteiger partial charge in [-0.25, -0.2) is 13.1 Å². The summed E-state index contributed by atoms with van der Waals surface area (Å²) in [5, 5.41) is 10.3. The maximum Gasteiger partial charge on any atom is 0.240 e. The SMILES string of the molecule is CNS(=O)(=O)c1cccc(-c2ccc(-c3n[nH]nc3N)s2)c1. The van der Waals surface area contributed by atoms with Gasteiger partial charge in [-0.15, -0.1) is 16.4 Å². The van der Waals surface area contributed by atoms with E-state index in [-0.39, 0.29) is 4.90 Å². The third-order valence-corrected chi connectivity index (χ3v) is 5.66. The Balaban J connectivity index is 2.01. The Morgan fingerprint density at radius 2 is 1.95 bits per heavy atom. The number of nitrogen functional groups attached to an aromatic ring is 1. The molecule has 0 fully saturated rings. The van der Waals surface area contributed by atoms with Gasteiger partial charge in [0.15, 0.2) is 5.82 Å². The van der Waals surface area contributed by atoms with Gasteiger partial charge >= 0.3 is 0 Å². The Hall–Kier alpha value is -2.23. The van der Waals surface area contributed by atoms with Crippen molar-refractivity contribution in [3.05, 3.63) is 36.4 Å². The molecule has 114 valence electrons.